The van der Waals surface area contributed by atoms with Crippen LogP contribution in [0, 0.1) is 6.92 Å². The molecule has 4 rings (SSSR count). The van der Waals surface area contributed by atoms with E-state index in [2.05, 4.69) is 96.8 Å². The molecule has 0 aliphatic heterocycles. The molecule has 0 heterocycles. The van der Waals surface area contributed by atoms with Gasteiger partial charge >= 0.3 is 0 Å². The van der Waals surface area contributed by atoms with Crippen molar-refractivity contribution in [2.75, 3.05) is 4.90 Å². The summed E-state index contributed by atoms with van der Waals surface area (Å²) in [4.78, 5) is 2.37. The van der Waals surface area contributed by atoms with Crippen molar-refractivity contribution in [2.24, 2.45) is 0 Å². The maximum absolute atomic E-state index is 2.37. The number of aryl methyl sites for hydroxylation is 1. The van der Waals surface area contributed by atoms with Crippen molar-refractivity contribution in [3.63, 3.8) is 0 Å². The fourth-order valence-corrected chi connectivity index (χ4v) is 3.37. The molecule has 0 saturated carbocycles. The van der Waals surface area contributed by atoms with Crippen LogP contribution in [0.3, 0.4) is 0 Å². The van der Waals surface area contributed by atoms with Gasteiger partial charge in [-0.15, -0.1) is 0 Å². The lowest BCUT2D eigenvalue weighted by Crippen LogP contribution is -2.13. The molecule has 0 radical (unpaired) electrons. The van der Waals surface area contributed by atoms with Gasteiger partial charge in [-0.3, -0.25) is 0 Å². The lowest BCUT2D eigenvalue weighted by Gasteiger charge is -2.29. The Morgan fingerprint density at radius 2 is 1.50 bits per heavy atom. The molecule has 0 fully saturated rings. The second kappa shape index (κ2) is 6.37. The Balaban J connectivity index is 1.91. The van der Waals surface area contributed by atoms with Crippen LogP contribution in [0.4, 0.5) is 17.1 Å². The number of fused-ring (bicyclic) bond motifs is 1. The largest absolute Gasteiger partial charge is 0.310 e. The van der Waals surface area contributed by atoms with E-state index < -0.39 is 0 Å². The molecule has 0 spiro atoms. The Morgan fingerprint density at radius 1 is 0.750 bits per heavy atom. The summed E-state index contributed by atoms with van der Waals surface area (Å²) in [5.74, 6) is 0. The summed E-state index contributed by atoms with van der Waals surface area (Å²) in [6.45, 7) is 2.13. The summed E-state index contributed by atoms with van der Waals surface area (Å²) in [6.07, 6.45) is 6.73. The van der Waals surface area contributed by atoms with Crippen molar-refractivity contribution >= 4 is 23.1 Å². The Labute approximate surface area is 143 Å². The number of benzene rings is 3. The van der Waals surface area contributed by atoms with Gasteiger partial charge in [0, 0.05) is 17.1 Å². The maximum atomic E-state index is 2.37. The molecule has 0 N–H and O–H groups in total. The number of nitrogens with zero attached hydrogens (tertiary/aromatic N) is 1. The highest BCUT2D eigenvalue weighted by Crippen LogP contribution is 2.39. The fraction of sp³-hybridized carbons (Fsp3) is 0.130. The fourth-order valence-electron chi connectivity index (χ4n) is 3.37. The summed E-state index contributed by atoms with van der Waals surface area (Å²) in [5, 5.41) is 0. The van der Waals surface area contributed by atoms with Gasteiger partial charge in [-0.05, 0) is 61.2 Å². The summed E-state index contributed by atoms with van der Waals surface area (Å²) in [7, 11) is 0. The number of para-hydroxylation sites is 1. The third-order valence-corrected chi connectivity index (χ3v) is 4.59. The maximum Gasteiger partial charge on any atom is 0.0499 e. The Bertz CT molecular complexity index is 860. The van der Waals surface area contributed by atoms with Crippen LogP contribution in [0.25, 0.3) is 6.08 Å². The van der Waals surface area contributed by atoms with Crippen LogP contribution in [0.2, 0.25) is 0 Å². The van der Waals surface area contributed by atoms with Gasteiger partial charge in [-0.25, -0.2) is 0 Å². The summed E-state index contributed by atoms with van der Waals surface area (Å²) < 4.78 is 0. The first kappa shape index (κ1) is 14.8. The number of hydrogen-bond donors (Lipinski definition) is 0. The highest BCUT2D eigenvalue weighted by molar-refractivity contribution is 5.81. The van der Waals surface area contributed by atoms with Gasteiger partial charge in [0.2, 0.25) is 0 Å². The first-order chi connectivity index (χ1) is 11.8. The SMILES string of the molecule is Cc1ccc(N(c2ccccc2)c2cccc3c2CCC=C3)cc1. The highest BCUT2D eigenvalue weighted by Gasteiger charge is 2.18. The van der Waals surface area contributed by atoms with Crippen molar-refractivity contribution < 1.29 is 0 Å². The van der Waals surface area contributed by atoms with Crippen LogP contribution < -0.4 is 4.90 Å². The van der Waals surface area contributed by atoms with Crippen molar-refractivity contribution in [3.05, 3.63) is 95.6 Å². The van der Waals surface area contributed by atoms with Crippen LogP contribution in [-0.4, -0.2) is 0 Å². The minimum atomic E-state index is 1.09. The van der Waals surface area contributed by atoms with Crippen molar-refractivity contribution in [2.45, 2.75) is 19.8 Å². The van der Waals surface area contributed by atoms with Crippen LogP contribution in [0.1, 0.15) is 23.1 Å². The summed E-state index contributed by atoms with van der Waals surface area (Å²) in [6, 6.07) is 26.0. The molecular weight excluding hydrogens is 290 g/mol. The Morgan fingerprint density at radius 3 is 2.29 bits per heavy atom. The van der Waals surface area contributed by atoms with Crippen LogP contribution in [-0.2, 0) is 6.42 Å². The monoisotopic (exact) mass is 311 g/mol. The normalized spacial score (nSPS) is 12.7. The molecule has 0 aromatic heterocycles. The number of allylic oxidation sites excluding steroid dienone is 1. The molecule has 118 valence electrons. The summed E-state index contributed by atoms with van der Waals surface area (Å²) >= 11 is 0. The van der Waals surface area contributed by atoms with Crippen LogP contribution in [0.5, 0.6) is 0 Å². The first-order valence-corrected chi connectivity index (χ1v) is 8.53. The highest BCUT2D eigenvalue weighted by atomic mass is 15.1. The second-order valence-corrected chi connectivity index (χ2v) is 6.29. The van der Waals surface area contributed by atoms with E-state index in [1.165, 1.54) is 33.8 Å². The third-order valence-electron chi connectivity index (χ3n) is 4.59. The van der Waals surface area contributed by atoms with Crippen molar-refractivity contribution in [1.82, 2.24) is 0 Å². The second-order valence-electron chi connectivity index (χ2n) is 6.29. The van der Waals surface area contributed by atoms with Crippen molar-refractivity contribution in [1.29, 1.82) is 0 Å². The van der Waals surface area contributed by atoms with Gasteiger partial charge in [0.25, 0.3) is 0 Å². The first-order valence-electron chi connectivity index (χ1n) is 8.53. The van der Waals surface area contributed by atoms with E-state index in [0.29, 0.717) is 0 Å². The lowest BCUT2D eigenvalue weighted by atomic mass is 9.94. The molecule has 1 aliphatic carbocycles. The van der Waals surface area contributed by atoms with Gasteiger partial charge in [-0.1, -0.05) is 60.2 Å². The van der Waals surface area contributed by atoms with E-state index in [1.807, 2.05) is 0 Å². The molecule has 0 saturated heterocycles. The molecule has 0 unspecified atom stereocenters. The molecule has 3 aromatic rings. The smallest absolute Gasteiger partial charge is 0.0499 e. The number of hydrogen-bond acceptors (Lipinski definition) is 1. The average molecular weight is 311 g/mol. The summed E-state index contributed by atoms with van der Waals surface area (Å²) in [5.41, 5.74) is 7.74. The van der Waals surface area contributed by atoms with Gasteiger partial charge in [0.1, 0.15) is 0 Å². The van der Waals surface area contributed by atoms with Gasteiger partial charge in [-0.2, -0.15) is 0 Å². The predicted octanol–water partition coefficient (Wildman–Crippen LogP) is 6.42. The molecule has 3 aromatic carbocycles. The van der Waals surface area contributed by atoms with Crippen LogP contribution in [0.15, 0.2) is 78.9 Å². The molecule has 24 heavy (non-hydrogen) atoms. The quantitative estimate of drug-likeness (QED) is 0.539. The lowest BCUT2D eigenvalue weighted by molar-refractivity contribution is 0.979. The predicted molar refractivity (Wildman–Crippen MR) is 103 cm³/mol. The Kier molecular flexibility index (Phi) is 3.92. The standard InChI is InChI=1S/C23H21N/c1-18-14-16-21(17-15-18)24(20-10-3-2-4-11-20)23-13-7-9-19-8-5-6-12-22(19)23/h2-5,7-11,13-17H,6,12H2,1H3. The average Bonchev–Trinajstić information content (AvgIpc) is 2.65. The van der Waals surface area contributed by atoms with Gasteiger partial charge in [0.15, 0.2) is 0 Å². The van der Waals surface area contributed by atoms with E-state index in [0.717, 1.165) is 12.8 Å². The third kappa shape index (κ3) is 2.74. The minimum Gasteiger partial charge on any atom is -0.310 e. The van der Waals surface area contributed by atoms with E-state index in [-0.39, 0.29) is 0 Å². The molecule has 0 amide bonds. The Hall–Kier alpha value is -2.80. The molecule has 0 atom stereocenters. The molecule has 0 bridgehead atoms. The number of rotatable bonds is 3. The van der Waals surface area contributed by atoms with Gasteiger partial charge in [0.05, 0.1) is 0 Å². The van der Waals surface area contributed by atoms with Crippen LogP contribution >= 0.6 is 0 Å². The van der Waals surface area contributed by atoms with Gasteiger partial charge < -0.3 is 4.90 Å². The topological polar surface area (TPSA) is 3.24 Å². The number of anilines is 3. The van der Waals surface area contributed by atoms with E-state index in [1.54, 1.807) is 0 Å². The molecular formula is C23H21N. The zero-order chi connectivity index (χ0) is 16.4. The molecule has 1 nitrogen and oxygen atoms in total. The van der Waals surface area contributed by atoms with E-state index in [4.69, 9.17) is 0 Å². The molecule has 1 heteroatoms. The zero-order valence-corrected chi connectivity index (χ0v) is 13.9. The minimum absolute atomic E-state index is 1.09. The molecule has 1 aliphatic rings. The van der Waals surface area contributed by atoms with E-state index >= 15 is 0 Å². The van der Waals surface area contributed by atoms with E-state index in [9.17, 15) is 0 Å². The van der Waals surface area contributed by atoms with Crippen molar-refractivity contribution in [3.8, 4) is 0 Å². The zero-order valence-electron chi connectivity index (χ0n) is 13.9.